The number of nitrogens with one attached hydrogen (secondary N) is 1. The molecule has 0 bridgehead atoms. The quantitative estimate of drug-likeness (QED) is 0.634. The van der Waals surface area contributed by atoms with Crippen LogP contribution in [0.5, 0.6) is 0 Å². The average Bonchev–Trinajstić information content (AvgIpc) is 2.06. The van der Waals surface area contributed by atoms with Crippen molar-refractivity contribution in [2.75, 3.05) is 6.54 Å². The molecule has 1 saturated heterocycles. The molecular formula is C11H19N. The normalized spacial score (nSPS) is 25.4. The van der Waals surface area contributed by atoms with Gasteiger partial charge in [0.1, 0.15) is 0 Å². The van der Waals surface area contributed by atoms with Crippen molar-refractivity contribution in [2.45, 2.75) is 38.6 Å². The lowest BCUT2D eigenvalue weighted by atomic mass is 9.98. The standard InChI is InChI=1S/C11H19N/c1-3-6-10(2)9-11-7-4-5-8-12-11/h3,6,11-12H,1,4-5,7-9H2,2H3/b10-6-. The van der Waals surface area contributed by atoms with Crippen LogP contribution < -0.4 is 5.32 Å². The highest BCUT2D eigenvalue weighted by Gasteiger charge is 2.11. The van der Waals surface area contributed by atoms with Crippen molar-refractivity contribution in [3.8, 4) is 0 Å². The van der Waals surface area contributed by atoms with E-state index < -0.39 is 0 Å². The highest BCUT2D eigenvalue weighted by atomic mass is 14.9. The van der Waals surface area contributed by atoms with Crippen LogP contribution in [0.2, 0.25) is 0 Å². The molecule has 1 atom stereocenters. The molecule has 1 unspecified atom stereocenters. The van der Waals surface area contributed by atoms with E-state index in [0.29, 0.717) is 0 Å². The van der Waals surface area contributed by atoms with E-state index in [4.69, 9.17) is 0 Å². The van der Waals surface area contributed by atoms with Crippen molar-refractivity contribution in [2.24, 2.45) is 0 Å². The van der Waals surface area contributed by atoms with Crippen LogP contribution in [0.4, 0.5) is 0 Å². The van der Waals surface area contributed by atoms with E-state index in [1.807, 2.05) is 6.08 Å². The molecule has 1 nitrogen and oxygen atoms in total. The summed E-state index contributed by atoms with van der Waals surface area (Å²) in [7, 11) is 0. The number of piperidine rings is 1. The maximum absolute atomic E-state index is 3.70. The number of hydrogen-bond donors (Lipinski definition) is 1. The fourth-order valence-electron chi connectivity index (χ4n) is 1.76. The van der Waals surface area contributed by atoms with Crippen molar-refractivity contribution >= 4 is 0 Å². The summed E-state index contributed by atoms with van der Waals surface area (Å²) in [6, 6.07) is 0.718. The van der Waals surface area contributed by atoms with E-state index in [0.717, 1.165) is 6.04 Å². The van der Waals surface area contributed by atoms with Crippen LogP contribution in [0, 0.1) is 0 Å². The molecule has 1 aliphatic rings. The van der Waals surface area contributed by atoms with Gasteiger partial charge in [0.05, 0.1) is 0 Å². The van der Waals surface area contributed by atoms with Gasteiger partial charge in [-0.2, -0.15) is 0 Å². The van der Waals surface area contributed by atoms with Crippen LogP contribution in [-0.4, -0.2) is 12.6 Å². The average molecular weight is 165 g/mol. The van der Waals surface area contributed by atoms with Crippen molar-refractivity contribution < 1.29 is 0 Å². The molecule has 68 valence electrons. The molecule has 1 N–H and O–H groups in total. The van der Waals surface area contributed by atoms with Gasteiger partial charge < -0.3 is 5.32 Å². The van der Waals surface area contributed by atoms with E-state index in [1.54, 1.807) is 0 Å². The van der Waals surface area contributed by atoms with E-state index >= 15 is 0 Å². The van der Waals surface area contributed by atoms with E-state index in [2.05, 4.69) is 24.9 Å². The Hall–Kier alpha value is -0.560. The molecule has 1 fully saturated rings. The van der Waals surface area contributed by atoms with Gasteiger partial charge in [-0.05, 0) is 32.7 Å². The summed E-state index contributed by atoms with van der Waals surface area (Å²) >= 11 is 0. The van der Waals surface area contributed by atoms with E-state index in [9.17, 15) is 0 Å². The molecule has 0 aromatic heterocycles. The highest BCUT2D eigenvalue weighted by molar-refractivity contribution is 5.09. The third-order valence-corrected chi connectivity index (χ3v) is 2.38. The third-order valence-electron chi connectivity index (χ3n) is 2.38. The van der Waals surface area contributed by atoms with Gasteiger partial charge >= 0.3 is 0 Å². The first kappa shape index (κ1) is 9.53. The number of hydrogen-bond acceptors (Lipinski definition) is 1. The first-order chi connectivity index (χ1) is 5.83. The molecule has 1 aliphatic heterocycles. The van der Waals surface area contributed by atoms with Gasteiger partial charge in [-0.25, -0.2) is 0 Å². The van der Waals surface area contributed by atoms with Gasteiger partial charge in [-0.15, -0.1) is 0 Å². The molecule has 0 aromatic rings. The first-order valence-electron chi connectivity index (χ1n) is 4.84. The van der Waals surface area contributed by atoms with E-state index in [1.165, 1.54) is 37.8 Å². The molecule has 0 spiro atoms. The largest absolute Gasteiger partial charge is 0.314 e. The van der Waals surface area contributed by atoms with Gasteiger partial charge in [-0.1, -0.05) is 30.7 Å². The Morgan fingerprint density at radius 2 is 2.42 bits per heavy atom. The Morgan fingerprint density at radius 1 is 1.58 bits per heavy atom. The minimum atomic E-state index is 0.718. The zero-order valence-electron chi connectivity index (χ0n) is 7.97. The zero-order valence-corrected chi connectivity index (χ0v) is 7.97. The van der Waals surface area contributed by atoms with Crippen LogP contribution >= 0.6 is 0 Å². The predicted octanol–water partition coefficient (Wildman–Crippen LogP) is 2.65. The summed E-state index contributed by atoms with van der Waals surface area (Å²) < 4.78 is 0. The summed E-state index contributed by atoms with van der Waals surface area (Å²) in [6.45, 7) is 7.08. The summed E-state index contributed by atoms with van der Waals surface area (Å²) in [5.74, 6) is 0. The van der Waals surface area contributed by atoms with Crippen LogP contribution in [0.15, 0.2) is 24.3 Å². The summed E-state index contributed by atoms with van der Waals surface area (Å²) in [5.41, 5.74) is 1.43. The van der Waals surface area contributed by atoms with Crippen molar-refractivity contribution in [3.05, 3.63) is 24.3 Å². The molecule has 0 radical (unpaired) electrons. The van der Waals surface area contributed by atoms with Gasteiger partial charge in [0.25, 0.3) is 0 Å². The smallest absolute Gasteiger partial charge is 0.0104 e. The Morgan fingerprint density at radius 3 is 3.00 bits per heavy atom. The Kier molecular flexibility index (Phi) is 4.09. The van der Waals surface area contributed by atoms with Crippen LogP contribution in [-0.2, 0) is 0 Å². The summed E-state index contributed by atoms with van der Waals surface area (Å²) in [5, 5.41) is 3.53. The molecule has 12 heavy (non-hydrogen) atoms. The van der Waals surface area contributed by atoms with Crippen LogP contribution in [0.3, 0.4) is 0 Å². The fraction of sp³-hybridized carbons (Fsp3) is 0.636. The topological polar surface area (TPSA) is 12.0 Å². The highest BCUT2D eigenvalue weighted by Crippen LogP contribution is 2.14. The zero-order chi connectivity index (χ0) is 8.81. The Balaban J connectivity index is 2.28. The second kappa shape index (κ2) is 5.15. The maximum Gasteiger partial charge on any atom is 0.0104 e. The van der Waals surface area contributed by atoms with Crippen molar-refractivity contribution in [1.29, 1.82) is 0 Å². The van der Waals surface area contributed by atoms with Gasteiger partial charge in [-0.3, -0.25) is 0 Å². The molecule has 0 aromatic carbocycles. The molecule has 1 heteroatoms. The Labute approximate surface area is 75.6 Å². The number of allylic oxidation sites excluding steroid dienone is 2. The molecule has 1 rings (SSSR count). The molecule has 0 aliphatic carbocycles. The minimum Gasteiger partial charge on any atom is -0.314 e. The lowest BCUT2D eigenvalue weighted by Crippen LogP contribution is -2.33. The van der Waals surface area contributed by atoms with Crippen molar-refractivity contribution in [1.82, 2.24) is 5.32 Å². The third kappa shape index (κ3) is 3.22. The van der Waals surface area contributed by atoms with Crippen LogP contribution in [0.25, 0.3) is 0 Å². The van der Waals surface area contributed by atoms with Gasteiger partial charge in [0, 0.05) is 6.04 Å². The summed E-state index contributed by atoms with van der Waals surface area (Å²) in [4.78, 5) is 0. The van der Waals surface area contributed by atoms with Gasteiger partial charge in [0.15, 0.2) is 0 Å². The van der Waals surface area contributed by atoms with E-state index in [-0.39, 0.29) is 0 Å². The first-order valence-corrected chi connectivity index (χ1v) is 4.84. The Bertz CT molecular complexity index is 164. The minimum absolute atomic E-state index is 0.718. The van der Waals surface area contributed by atoms with Gasteiger partial charge in [0.2, 0.25) is 0 Å². The molecule has 1 heterocycles. The molecular weight excluding hydrogens is 146 g/mol. The lowest BCUT2D eigenvalue weighted by molar-refractivity contribution is 0.398. The second-order valence-corrected chi connectivity index (χ2v) is 3.60. The predicted molar refractivity (Wildman–Crippen MR) is 54.2 cm³/mol. The molecule has 0 saturated carbocycles. The maximum atomic E-state index is 3.70. The lowest BCUT2D eigenvalue weighted by Gasteiger charge is -2.23. The summed E-state index contributed by atoms with van der Waals surface area (Å²) in [6.07, 6.45) is 9.24. The van der Waals surface area contributed by atoms with Crippen LogP contribution in [0.1, 0.15) is 32.6 Å². The fourth-order valence-corrected chi connectivity index (χ4v) is 1.76. The van der Waals surface area contributed by atoms with Crippen molar-refractivity contribution in [3.63, 3.8) is 0 Å². The SMILES string of the molecule is C=C/C=C(/C)CC1CCCCN1. The second-order valence-electron chi connectivity index (χ2n) is 3.60. The number of rotatable bonds is 3. The molecule has 0 amide bonds. The monoisotopic (exact) mass is 165 g/mol.